The number of fused-ring (bicyclic) bond motifs is 9. The van der Waals surface area contributed by atoms with Gasteiger partial charge in [0.25, 0.3) is 0 Å². The van der Waals surface area contributed by atoms with Gasteiger partial charge < -0.3 is 4.90 Å². The van der Waals surface area contributed by atoms with E-state index in [1.807, 2.05) is 11.3 Å². The van der Waals surface area contributed by atoms with Crippen LogP contribution in [0.2, 0.25) is 0 Å². The Hall–Kier alpha value is -5.44. The highest BCUT2D eigenvalue weighted by atomic mass is 32.1. The third-order valence-electron chi connectivity index (χ3n) is 12.4. The second-order valence-corrected chi connectivity index (χ2v) is 18.4. The van der Waals surface area contributed by atoms with Gasteiger partial charge in [-0.1, -0.05) is 170 Å². The Balaban J connectivity index is 1.28. The lowest BCUT2D eigenvalue weighted by Crippen LogP contribution is -2.21. The van der Waals surface area contributed by atoms with Gasteiger partial charge in [0.05, 0.1) is 21.8 Å². The Kier molecular flexibility index (Phi) is 7.08. The molecule has 0 aliphatic heterocycles. The van der Waals surface area contributed by atoms with E-state index in [0.717, 1.165) is 0 Å². The van der Waals surface area contributed by atoms with E-state index in [1.165, 1.54) is 98.4 Å². The SMILES string of the molecule is CC(C)(C)c1ccc2c(c1)C(C)(C)c1cccc(-c3ccccc3N(c3cccc4c3C(C)(C)c3ccccc3-4)c3cccc4c3sc3ccccc34)c1-2. The molecule has 8 aromatic rings. The lowest BCUT2D eigenvalue weighted by atomic mass is 9.79. The molecule has 2 aliphatic rings. The molecular formula is C52H45NS. The molecular weight excluding hydrogens is 671 g/mol. The highest BCUT2D eigenvalue weighted by Crippen LogP contribution is 2.58. The van der Waals surface area contributed by atoms with Crippen molar-refractivity contribution in [1.82, 2.24) is 0 Å². The molecule has 0 bridgehead atoms. The van der Waals surface area contributed by atoms with Crippen molar-refractivity contribution in [2.24, 2.45) is 0 Å². The molecule has 0 spiro atoms. The summed E-state index contributed by atoms with van der Waals surface area (Å²) >= 11 is 1.90. The summed E-state index contributed by atoms with van der Waals surface area (Å²) in [7, 11) is 0. The minimum absolute atomic E-state index is 0.0762. The molecule has 264 valence electrons. The largest absolute Gasteiger partial charge is 0.308 e. The summed E-state index contributed by atoms with van der Waals surface area (Å²) in [6.45, 7) is 16.6. The smallest absolute Gasteiger partial charge is 0.0640 e. The maximum atomic E-state index is 2.60. The van der Waals surface area contributed by atoms with Crippen molar-refractivity contribution in [2.75, 3.05) is 4.90 Å². The summed E-state index contributed by atoms with van der Waals surface area (Å²) in [5.74, 6) is 0. The van der Waals surface area contributed by atoms with Gasteiger partial charge in [0, 0.05) is 31.9 Å². The first-order valence-corrected chi connectivity index (χ1v) is 20.1. The third kappa shape index (κ3) is 4.62. The van der Waals surface area contributed by atoms with Crippen LogP contribution < -0.4 is 4.90 Å². The van der Waals surface area contributed by atoms with Crippen molar-refractivity contribution in [2.45, 2.75) is 64.7 Å². The Morgan fingerprint density at radius 2 is 1.07 bits per heavy atom. The number of para-hydroxylation sites is 1. The van der Waals surface area contributed by atoms with E-state index in [2.05, 4.69) is 199 Å². The maximum Gasteiger partial charge on any atom is 0.0640 e. The fourth-order valence-corrected chi connectivity index (χ4v) is 10.9. The zero-order valence-corrected chi connectivity index (χ0v) is 33.0. The number of benzene rings is 7. The van der Waals surface area contributed by atoms with Crippen LogP contribution in [-0.4, -0.2) is 0 Å². The Bertz CT molecular complexity index is 2820. The van der Waals surface area contributed by atoms with Gasteiger partial charge in [0.1, 0.15) is 0 Å². The van der Waals surface area contributed by atoms with Gasteiger partial charge in [-0.05, 0) is 85.3 Å². The quantitative estimate of drug-likeness (QED) is 0.175. The minimum atomic E-state index is -0.189. The molecule has 0 fully saturated rings. The molecule has 0 atom stereocenters. The van der Waals surface area contributed by atoms with E-state index in [-0.39, 0.29) is 16.2 Å². The summed E-state index contributed by atoms with van der Waals surface area (Å²) < 4.78 is 2.62. The zero-order chi connectivity index (χ0) is 37.1. The lowest BCUT2D eigenvalue weighted by Gasteiger charge is -2.34. The first kappa shape index (κ1) is 33.2. The summed E-state index contributed by atoms with van der Waals surface area (Å²) in [5.41, 5.74) is 18.2. The third-order valence-corrected chi connectivity index (χ3v) is 13.6. The van der Waals surface area contributed by atoms with Crippen LogP contribution in [0.25, 0.3) is 53.6 Å². The van der Waals surface area contributed by atoms with Crippen molar-refractivity contribution in [1.29, 1.82) is 0 Å². The Labute approximate surface area is 323 Å². The van der Waals surface area contributed by atoms with Gasteiger partial charge in [-0.15, -0.1) is 11.3 Å². The van der Waals surface area contributed by atoms with Crippen LogP contribution in [0.15, 0.2) is 146 Å². The molecule has 0 saturated carbocycles. The Morgan fingerprint density at radius 3 is 1.91 bits per heavy atom. The second-order valence-electron chi connectivity index (χ2n) is 17.3. The zero-order valence-electron chi connectivity index (χ0n) is 32.2. The first-order chi connectivity index (χ1) is 26.0. The topological polar surface area (TPSA) is 3.24 Å². The normalized spacial score (nSPS) is 14.9. The minimum Gasteiger partial charge on any atom is -0.308 e. The van der Waals surface area contributed by atoms with Crippen LogP contribution in [0.1, 0.15) is 76.3 Å². The molecule has 0 unspecified atom stereocenters. The molecule has 0 radical (unpaired) electrons. The van der Waals surface area contributed by atoms with Gasteiger partial charge >= 0.3 is 0 Å². The summed E-state index contributed by atoms with van der Waals surface area (Å²) in [6.07, 6.45) is 0. The van der Waals surface area contributed by atoms with E-state index in [4.69, 9.17) is 0 Å². The molecule has 1 nitrogen and oxygen atoms in total. The van der Waals surface area contributed by atoms with E-state index in [9.17, 15) is 0 Å². The second kappa shape index (κ2) is 11.5. The molecule has 7 aromatic carbocycles. The molecule has 0 N–H and O–H groups in total. The van der Waals surface area contributed by atoms with Gasteiger partial charge in [-0.3, -0.25) is 0 Å². The molecule has 54 heavy (non-hydrogen) atoms. The van der Waals surface area contributed by atoms with Crippen molar-refractivity contribution in [3.8, 4) is 33.4 Å². The van der Waals surface area contributed by atoms with Crippen LogP contribution in [0.4, 0.5) is 17.1 Å². The van der Waals surface area contributed by atoms with Crippen molar-refractivity contribution < 1.29 is 0 Å². The molecule has 0 saturated heterocycles. The molecule has 2 aliphatic carbocycles. The van der Waals surface area contributed by atoms with Gasteiger partial charge in [-0.25, -0.2) is 0 Å². The summed E-state index contributed by atoms with van der Waals surface area (Å²) in [6, 6.07) is 55.0. The maximum absolute atomic E-state index is 2.60. The van der Waals surface area contributed by atoms with Crippen molar-refractivity contribution in [3.05, 3.63) is 173 Å². The van der Waals surface area contributed by atoms with E-state index in [1.54, 1.807) is 0 Å². The number of thiophene rings is 1. The monoisotopic (exact) mass is 715 g/mol. The summed E-state index contributed by atoms with van der Waals surface area (Å²) in [4.78, 5) is 2.60. The van der Waals surface area contributed by atoms with Gasteiger partial charge in [0.2, 0.25) is 0 Å². The van der Waals surface area contributed by atoms with Crippen LogP contribution >= 0.6 is 11.3 Å². The number of nitrogens with zero attached hydrogens (tertiary/aromatic N) is 1. The standard InChI is InChI=1S/C52H45NS/c1-50(2,3)32-29-30-39-42(31-32)51(4,5)41-24-14-20-36(47(39)41)34-18-9-12-25-43(34)53(45-27-16-22-38-35-19-10-13-28-46(35)54-49(38)45)44-26-15-21-37-33-17-8-11-23-40(33)52(6,7)48(37)44/h8-31H,1-7H3. The average molecular weight is 716 g/mol. The van der Waals surface area contributed by atoms with E-state index >= 15 is 0 Å². The number of hydrogen-bond acceptors (Lipinski definition) is 2. The van der Waals surface area contributed by atoms with Gasteiger partial charge in [0.15, 0.2) is 0 Å². The van der Waals surface area contributed by atoms with Crippen LogP contribution in [0.3, 0.4) is 0 Å². The molecule has 1 aromatic heterocycles. The van der Waals surface area contributed by atoms with Gasteiger partial charge in [-0.2, -0.15) is 0 Å². The average Bonchev–Trinajstić information content (AvgIpc) is 3.75. The molecule has 1 heterocycles. The van der Waals surface area contributed by atoms with E-state index < -0.39 is 0 Å². The molecule has 10 rings (SSSR count). The highest BCUT2D eigenvalue weighted by Gasteiger charge is 2.41. The van der Waals surface area contributed by atoms with E-state index in [0.29, 0.717) is 0 Å². The fourth-order valence-electron chi connectivity index (χ4n) is 9.68. The predicted octanol–water partition coefficient (Wildman–Crippen LogP) is 15.1. The summed E-state index contributed by atoms with van der Waals surface area (Å²) in [5, 5.41) is 2.62. The van der Waals surface area contributed by atoms with Crippen LogP contribution in [-0.2, 0) is 16.2 Å². The molecule has 2 heteroatoms. The lowest BCUT2D eigenvalue weighted by molar-refractivity contribution is 0.584. The van der Waals surface area contributed by atoms with Crippen molar-refractivity contribution in [3.63, 3.8) is 0 Å². The predicted molar refractivity (Wildman–Crippen MR) is 233 cm³/mol. The Morgan fingerprint density at radius 1 is 0.463 bits per heavy atom. The van der Waals surface area contributed by atoms with Crippen LogP contribution in [0.5, 0.6) is 0 Å². The first-order valence-electron chi connectivity index (χ1n) is 19.3. The highest BCUT2D eigenvalue weighted by molar-refractivity contribution is 7.26. The fraction of sp³-hybridized carbons (Fsp3) is 0.192. The molecule has 0 amide bonds. The number of hydrogen-bond donors (Lipinski definition) is 0. The van der Waals surface area contributed by atoms with Crippen molar-refractivity contribution >= 4 is 48.6 Å². The number of anilines is 3. The number of rotatable bonds is 4. The van der Waals surface area contributed by atoms with Crippen LogP contribution in [0, 0.1) is 0 Å².